The van der Waals surface area contributed by atoms with Crippen molar-refractivity contribution in [2.24, 2.45) is 0 Å². The van der Waals surface area contributed by atoms with Gasteiger partial charge in [-0.15, -0.1) is 0 Å². The second-order valence-electron chi connectivity index (χ2n) is 21.6. The van der Waals surface area contributed by atoms with Gasteiger partial charge in [-0.3, -0.25) is 0 Å². The molecule has 0 aliphatic heterocycles. The topological polar surface area (TPSA) is 16.3 Å². The first-order valence-electron chi connectivity index (χ1n) is 28.7. The van der Waals surface area contributed by atoms with E-state index in [1.807, 2.05) is 36.4 Å². The van der Waals surface area contributed by atoms with Crippen molar-refractivity contribution in [3.8, 4) is 22.5 Å². The number of anilines is 6. The molecule has 0 aliphatic rings. The minimum Gasteiger partial charge on any atom is -0.0359 e. The summed E-state index contributed by atoms with van der Waals surface area (Å²) in [5, 5.41) is 4.28. The van der Waals surface area contributed by atoms with E-state index in [0.717, 1.165) is 100 Å². The normalized spacial score (nSPS) is 11.6. The summed E-state index contributed by atoms with van der Waals surface area (Å²) >= 11 is -3.51. The van der Waals surface area contributed by atoms with Gasteiger partial charge in [0, 0.05) is 33.5 Å². The smallest absolute Gasteiger partial charge is 0.0359 e. The van der Waals surface area contributed by atoms with E-state index in [-0.39, 0.29) is 11.6 Å². The van der Waals surface area contributed by atoms with E-state index in [9.17, 15) is 8.78 Å². The maximum Gasteiger partial charge on any atom is 0.0542 e. The third-order valence-corrected chi connectivity index (χ3v) is 26.8. The number of hydrogen-bond acceptors (Lipinski definition) is 2. The Morgan fingerprint density at radius 3 is 1.01 bits per heavy atom. The molecule has 13 aromatic carbocycles. The van der Waals surface area contributed by atoms with Crippen LogP contribution in [0.4, 0.5) is 42.9 Å². The summed E-state index contributed by atoms with van der Waals surface area (Å²) in [5.74, 6) is -0.560. The molecule has 0 aliphatic carbocycles. The summed E-state index contributed by atoms with van der Waals surface area (Å²) in [6, 6.07) is 115. The number of rotatable bonds is 13. The van der Waals surface area contributed by atoms with Crippen molar-refractivity contribution in [1.82, 2.24) is 9.13 Å². The number of para-hydroxylation sites is 3. The first kappa shape index (κ1) is 51.4. The van der Waals surface area contributed by atoms with Gasteiger partial charge in [-0.05, 0) is 97.1 Å². The Hall–Kier alpha value is -10.5. The van der Waals surface area contributed by atoms with Gasteiger partial charge in [0.05, 0.1) is 11.0 Å². The van der Waals surface area contributed by atoms with E-state index in [1.54, 1.807) is 0 Å². The molecule has 0 radical (unpaired) electrons. The Morgan fingerprint density at radius 2 is 0.553 bits per heavy atom. The molecule has 0 saturated carbocycles. The maximum atomic E-state index is 14.8. The van der Waals surface area contributed by atoms with Gasteiger partial charge in [-0.25, -0.2) is 8.78 Å². The molecule has 0 saturated heterocycles. The number of nitrogens with zero attached hydrogens (tertiary/aromatic N) is 4. The van der Waals surface area contributed by atoms with Crippen molar-refractivity contribution >= 4 is 109 Å². The predicted molar refractivity (Wildman–Crippen MR) is 353 cm³/mol. The van der Waals surface area contributed by atoms with Crippen molar-refractivity contribution in [3.05, 3.63) is 339 Å². The van der Waals surface area contributed by atoms with Crippen LogP contribution in [0, 0.1) is 11.6 Å². The summed E-state index contributed by atoms with van der Waals surface area (Å²) < 4.78 is 39.1. The Bertz CT molecular complexity index is 4730. The van der Waals surface area contributed by atoms with E-state index < -0.39 is 13.3 Å². The van der Waals surface area contributed by atoms with Crippen LogP contribution in [0.5, 0.6) is 0 Å². The average Bonchev–Trinajstić information content (AvgIpc) is 3.33. The fourth-order valence-corrected chi connectivity index (χ4v) is 22.9. The molecule has 15 aromatic rings. The van der Waals surface area contributed by atoms with Gasteiger partial charge in [0.2, 0.25) is 0 Å². The Labute approximate surface area is 495 Å². The third kappa shape index (κ3) is 9.06. The predicted octanol–water partition coefficient (Wildman–Crippen LogP) is 18.1. The monoisotopic (exact) mass is 1160 g/mol. The van der Waals surface area contributed by atoms with E-state index in [4.69, 9.17) is 0 Å². The van der Waals surface area contributed by atoms with Crippen LogP contribution in [0.1, 0.15) is 0 Å². The molecule has 15 rings (SSSR count). The fourth-order valence-electron chi connectivity index (χ4n) is 12.9. The SMILES string of the molecule is Fc1ccc(-n2c3ccccc3c3cc(N(c4ccc(N(c5ccccc5)c5ccccc5)cc4)c4ccc5c(c4)c4cc(-c6cc[c]([Ge]([c]7ccccc7)([c]7ccccc7)[c]7ccccc7)cc6)ccc4n5-c4ccc(F)cc4)ccc32)cc1. The van der Waals surface area contributed by atoms with Gasteiger partial charge in [-0.2, -0.15) is 0 Å². The second-order valence-corrected chi connectivity index (χ2v) is 29.6. The molecule has 2 heterocycles. The summed E-state index contributed by atoms with van der Waals surface area (Å²) in [6.07, 6.45) is 0. The average molecular weight is 1160 g/mol. The zero-order valence-electron chi connectivity index (χ0n) is 46.2. The van der Waals surface area contributed by atoms with Crippen molar-refractivity contribution in [2.75, 3.05) is 9.80 Å². The Kier molecular flexibility index (Phi) is 13.1. The van der Waals surface area contributed by atoms with Crippen molar-refractivity contribution < 1.29 is 8.78 Å². The first-order chi connectivity index (χ1) is 42.0. The van der Waals surface area contributed by atoms with Crippen LogP contribution in [0.3, 0.4) is 0 Å². The fraction of sp³-hybridized carbons (Fsp3) is 0. The third-order valence-electron chi connectivity index (χ3n) is 16.8. The minimum absolute atomic E-state index is 0.276. The summed E-state index contributed by atoms with van der Waals surface area (Å²) in [7, 11) is 0. The standard InChI is InChI=1S/C78H54F2GeN4/c79-57-33-39-67(40-34-57)84-75-29-17-16-28-71(75)73-53-69(47-50-77(73)84)83(66-45-43-65(44-46-66)82(63-24-12-4-13-25-63)64-26-14-5-15-27-64)70-48-51-78-74(54-70)72-52-56(32-49-76(72)85(78)68-41-35-58(80)36-42-68)55-30-37-62(38-31-55)81(59-18-6-1-7-19-59,60-20-8-2-9-21-60)61-22-10-3-11-23-61/h1-54H. The Balaban J connectivity index is 0.914. The number of benzene rings is 13. The molecule has 0 N–H and O–H groups in total. The number of halogens is 2. The van der Waals surface area contributed by atoms with E-state index in [1.165, 1.54) is 41.8 Å². The van der Waals surface area contributed by atoms with Gasteiger partial charge in [0.15, 0.2) is 0 Å². The van der Waals surface area contributed by atoms with Crippen LogP contribution in [0.2, 0.25) is 0 Å². The maximum absolute atomic E-state index is 14.8. The quantitative estimate of drug-likeness (QED) is 0.107. The molecular formula is C78H54F2GeN4. The summed E-state index contributed by atoms with van der Waals surface area (Å²) in [5.41, 5.74) is 14.1. The molecular weight excluding hydrogens is 1100 g/mol. The zero-order chi connectivity index (χ0) is 56.8. The molecule has 2 aromatic heterocycles. The van der Waals surface area contributed by atoms with E-state index >= 15 is 0 Å². The zero-order valence-corrected chi connectivity index (χ0v) is 48.3. The van der Waals surface area contributed by atoms with Gasteiger partial charge in [0.25, 0.3) is 0 Å². The van der Waals surface area contributed by atoms with Gasteiger partial charge in [-0.1, -0.05) is 54.6 Å². The molecule has 0 bridgehead atoms. The van der Waals surface area contributed by atoms with Gasteiger partial charge >= 0.3 is 272 Å². The molecule has 7 heteroatoms. The molecule has 85 heavy (non-hydrogen) atoms. The number of aromatic nitrogens is 2. The molecule has 0 unspecified atom stereocenters. The molecule has 0 atom stereocenters. The first-order valence-corrected chi connectivity index (χ1v) is 32.9. The van der Waals surface area contributed by atoms with Gasteiger partial charge in [0.1, 0.15) is 11.6 Å². The van der Waals surface area contributed by atoms with Crippen molar-refractivity contribution in [3.63, 3.8) is 0 Å². The summed E-state index contributed by atoms with van der Waals surface area (Å²) in [4.78, 5) is 4.62. The molecule has 404 valence electrons. The van der Waals surface area contributed by atoms with E-state index in [0.29, 0.717) is 0 Å². The molecule has 4 nitrogen and oxygen atoms in total. The molecule has 0 fully saturated rings. The van der Waals surface area contributed by atoms with E-state index in [2.05, 4.69) is 286 Å². The largest absolute Gasteiger partial charge is 0.0542 e. The Morgan fingerprint density at radius 1 is 0.235 bits per heavy atom. The van der Waals surface area contributed by atoms with Crippen LogP contribution >= 0.6 is 0 Å². The number of hydrogen-bond donors (Lipinski definition) is 0. The van der Waals surface area contributed by atoms with Crippen molar-refractivity contribution in [2.45, 2.75) is 0 Å². The second kappa shape index (κ2) is 21.7. The number of fused-ring (bicyclic) bond motifs is 6. The van der Waals surface area contributed by atoms with Crippen molar-refractivity contribution in [1.29, 1.82) is 0 Å². The summed E-state index contributed by atoms with van der Waals surface area (Å²) in [6.45, 7) is 0. The molecule has 0 spiro atoms. The van der Waals surface area contributed by atoms with Gasteiger partial charge < -0.3 is 9.47 Å². The van der Waals surface area contributed by atoms with Crippen LogP contribution in [0.25, 0.3) is 66.1 Å². The molecule has 0 amide bonds. The minimum atomic E-state index is -3.51. The van der Waals surface area contributed by atoms with Crippen LogP contribution in [0.15, 0.2) is 328 Å². The van der Waals surface area contributed by atoms with Crippen LogP contribution < -0.4 is 27.4 Å². The van der Waals surface area contributed by atoms with Crippen LogP contribution in [-0.4, -0.2) is 22.4 Å². The van der Waals surface area contributed by atoms with Crippen LogP contribution in [-0.2, 0) is 0 Å².